The molecule has 1 N–H and O–H groups in total. The Hall–Kier alpha value is -0.610. The van der Waals surface area contributed by atoms with E-state index in [0.717, 1.165) is 25.3 Å². The fourth-order valence-corrected chi connectivity index (χ4v) is 2.37. The van der Waals surface area contributed by atoms with Crippen molar-refractivity contribution in [1.82, 2.24) is 5.32 Å². The summed E-state index contributed by atoms with van der Waals surface area (Å²) in [7, 11) is 0. The average Bonchev–Trinajstić information content (AvgIpc) is 2.99. The molecule has 4 nitrogen and oxygen atoms in total. The second-order valence-electron chi connectivity index (χ2n) is 5.41. The highest BCUT2D eigenvalue weighted by molar-refractivity contribution is 5.71. The number of carbonyl (C=O) groups is 1. The fraction of sp³-hybridized carbons (Fsp3) is 0.923. The number of ether oxygens (including phenoxy) is 2. The molecule has 0 amide bonds. The first kappa shape index (κ1) is 12.8. The standard InChI is InChI=1S/C13H23NO3/c1-9-5-12(6-10(2)16-9)17-13(15)8-14-7-11-3-4-11/h9-12,14H,3-8H2,1-2H3. The van der Waals surface area contributed by atoms with Gasteiger partial charge >= 0.3 is 5.97 Å². The quantitative estimate of drug-likeness (QED) is 0.741. The Labute approximate surface area is 103 Å². The average molecular weight is 241 g/mol. The molecule has 1 aliphatic heterocycles. The minimum atomic E-state index is -0.128. The van der Waals surface area contributed by atoms with Crippen LogP contribution in [0.15, 0.2) is 0 Å². The third-order valence-corrected chi connectivity index (χ3v) is 3.35. The second-order valence-corrected chi connectivity index (χ2v) is 5.41. The third kappa shape index (κ3) is 4.64. The molecule has 0 aromatic heterocycles. The summed E-state index contributed by atoms with van der Waals surface area (Å²) in [6, 6.07) is 0. The lowest BCUT2D eigenvalue weighted by atomic mass is 10.0. The smallest absolute Gasteiger partial charge is 0.320 e. The van der Waals surface area contributed by atoms with Crippen molar-refractivity contribution in [2.75, 3.05) is 13.1 Å². The van der Waals surface area contributed by atoms with Crippen LogP contribution in [0.4, 0.5) is 0 Å². The highest BCUT2D eigenvalue weighted by atomic mass is 16.6. The zero-order valence-electron chi connectivity index (χ0n) is 10.8. The Balaban J connectivity index is 1.62. The first-order valence-electron chi connectivity index (χ1n) is 6.69. The second kappa shape index (κ2) is 5.83. The molecule has 17 heavy (non-hydrogen) atoms. The van der Waals surface area contributed by atoms with Crippen LogP contribution in [0.5, 0.6) is 0 Å². The summed E-state index contributed by atoms with van der Waals surface area (Å²) in [5.74, 6) is 0.669. The van der Waals surface area contributed by atoms with Gasteiger partial charge in [0.15, 0.2) is 0 Å². The zero-order chi connectivity index (χ0) is 12.3. The van der Waals surface area contributed by atoms with Gasteiger partial charge in [-0.05, 0) is 39.2 Å². The van der Waals surface area contributed by atoms with E-state index in [-0.39, 0.29) is 24.3 Å². The molecule has 2 fully saturated rings. The number of hydrogen-bond acceptors (Lipinski definition) is 4. The van der Waals surface area contributed by atoms with Gasteiger partial charge < -0.3 is 14.8 Å². The van der Waals surface area contributed by atoms with Crippen LogP contribution < -0.4 is 5.32 Å². The molecule has 2 rings (SSSR count). The molecule has 0 aromatic rings. The van der Waals surface area contributed by atoms with Crippen molar-refractivity contribution in [1.29, 1.82) is 0 Å². The molecule has 1 heterocycles. The lowest BCUT2D eigenvalue weighted by Gasteiger charge is -2.31. The molecular formula is C13H23NO3. The molecule has 98 valence electrons. The highest BCUT2D eigenvalue weighted by Gasteiger charge is 2.27. The van der Waals surface area contributed by atoms with E-state index < -0.39 is 0 Å². The van der Waals surface area contributed by atoms with E-state index in [4.69, 9.17) is 9.47 Å². The largest absolute Gasteiger partial charge is 0.461 e. The number of hydrogen-bond donors (Lipinski definition) is 1. The predicted molar refractivity (Wildman–Crippen MR) is 64.7 cm³/mol. The van der Waals surface area contributed by atoms with Gasteiger partial charge in [0, 0.05) is 12.8 Å². The Morgan fingerprint density at radius 1 is 1.29 bits per heavy atom. The molecule has 1 aliphatic carbocycles. The van der Waals surface area contributed by atoms with E-state index >= 15 is 0 Å². The van der Waals surface area contributed by atoms with Crippen molar-refractivity contribution in [3.05, 3.63) is 0 Å². The summed E-state index contributed by atoms with van der Waals surface area (Å²) in [6.07, 6.45) is 4.65. The van der Waals surface area contributed by atoms with Crippen LogP contribution in [0, 0.1) is 5.92 Å². The van der Waals surface area contributed by atoms with Crippen molar-refractivity contribution >= 4 is 5.97 Å². The van der Waals surface area contributed by atoms with E-state index in [1.807, 2.05) is 13.8 Å². The topological polar surface area (TPSA) is 47.6 Å². The summed E-state index contributed by atoms with van der Waals surface area (Å²) < 4.78 is 11.1. The van der Waals surface area contributed by atoms with Crippen LogP contribution in [0.25, 0.3) is 0 Å². The Kier molecular flexibility index (Phi) is 4.40. The molecule has 2 aliphatic rings. The number of carbonyl (C=O) groups excluding carboxylic acids is 1. The lowest BCUT2D eigenvalue weighted by molar-refractivity contribution is -0.158. The first-order chi connectivity index (χ1) is 8.13. The van der Waals surface area contributed by atoms with Gasteiger partial charge in [0.1, 0.15) is 6.10 Å². The van der Waals surface area contributed by atoms with Crippen molar-refractivity contribution in [2.45, 2.75) is 57.8 Å². The molecule has 1 saturated carbocycles. The van der Waals surface area contributed by atoms with Gasteiger partial charge in [-0.3, -0.25) is 4.79 Å². The number of rotatable bonds is 5. The molecule has 4 heteroatoms. The van der Waals surface area contributed by atoms with Crippen LogP contribution in [0.2, 0.25) is 0 Å². The first-order valence-corrected chi connectivity index (χ1v) is 6.69. The van der Waals surface area contributed by atoms with Gasteiger partial charge in [0.2, 0.25) is 0 Å². The Bertz CT molecular complexity index is 255. The van der Waals surface area contributed by atoms with E-state index in [9.17, 15) is 4.79 Å². The maximum atomic E-state index is 11.6. The Morgan fingerprint density at radius 2 is 1.94 bits per heavy atom. The zero-order valence-corrected chi connectivity index (χ0v) is 10.8. The third-order valence-electron chi connectivity index (χ3n) is 3.35. The van der Waals surface area contributed by atoms with Crippen LogP contribution in [-0.4, -0.2) is 37.4 Å². The van der Waals surface area contributed by atoms with E-state index in [0.29, 0.717) is 6.54 Å². The number of nitrogens with one attached hydrogen (secondary N) is 1. The van der Waals surface area contributed by atoms with Crippen molar-refractivity contribution in [3.8, 4) is 0 Å². The molecule has 2 atom stereocenters. The highest BCUT2D eigenvalue weighted by Crippen LogP contribution is 2.27. The summed E-state index contributed by atoms with van der Waals surface area (Å²) in [4.78, 5) is 11.6. The van der Waals surface area contributed by atoms with Gasteiger partial charge in [-0.25, -0.2) is 0 Å². The van der Waals surface area contributed by atoms with Gasteiger partial charge in [-0.15, -0.1) is 0 Å². The molecular weight excluding hydrogens is 218 g/mol. The normalized spacial score (nSPS) is 33.4. The molecule has 0 spiro atoms. The number of esters is 1. The SMILES string of the molecule is CC1CC(OC(=O)CNCC2CC2)CC(C)O1. The molecule has 1 saturated heterocycles. The summed E-state index contributed by atoms with van der Waals surface area (Å²) in [5.41, 5.74) is 0. The maximum Gasteiger partial charge on any atom is 0.320 e. The molecule has 0 radical (unpaired) electrons. The van der Waals surface area contributed by atoms with Crippen molar-refractivity contribution in [3.63, 3.8) is 0 Å². The predicted octanol–water partition coefficient (Wildman–Crippen LogP) is 1.49. The van der Waals surface area contributed by atoms with E-state index in [1.54, 1.807) is 0 Å². The monoisotopic (exact) mass is 241 g/mol. The minimum Gasteiger partial charge on any atom is -0.461 e. The minimum absolute atomic E-state index is 0.0315. The van der Waals surface area contributed by atoms with E-state index in [2.05, 4.69) is 5.32 Å². The van der Waals surface area contributed by atoms with Gasteiger partial charge in [-0.2, -0.15) is 0 Å². The van der Waals surface area contributed by atoms with Crippen molar-refractivity contribution in [2.24, 2.45) is 5.92 Å². The summed E-state index contributed by atoms with van der Waals surface area (Å²) in [5, 5.41) is 3.15. The van der Waals surface area contributed by atoms with E-state index in [1.165, 1.54) is 12.8 Å². The van der Waals surface area contributed by atoms with Crippen LogP contribution in [0.1, 0.15) is 39.5 Å². The summed E-state index contributed by atoms with van der Waals surface area (Å²) >= 11 is 0. The van der Waals surface area contributed by atoms with Gasteiger partial charge in [0.05, 0.1) is 18.8 Å². The molecule has 0 bridgehead atoms. The maximum absolute atomic E-state index is 11.6. The lowest BCUT2D eigenvalue weighted by Crippen LogP contribution is -2.37. The van der Waals surface area contributed by atoms with Gasteiger partial charge in [0.25, 0.3) is 0 Å². The van der Waals surface area contributed by atoms with Gasteiger partial charge in [-0.1, -0.05) is 0 Å². The van der Waals surface area contributed by atoms with Crippen LogP contribution >= 0.6 is 0 Å². The molecule has 2 unspecified atom stereocenters. The van der Waals surface area contributed by atoms with Crippen molar-refractivity contribution < 1.29 is 14.3 Å². The fourth-order valence-electron chi connectivity index (χ4n) is 2.37. The molecule has 0 aromatic carbocycles. The Morgan fingerprint density at radius 3 is 2.53 bits per heavy atom. The summed E-state index contributed by atoms with van der Waals surface area (Å²) in [6.45, 7) is 5.36. The van der Waals surface area contributed by atoms with Crippen LogP contribution in [0.3, 0.4) is 0 Å². The van der Waals surface area contributed by atoms with Crippen LogP contribution in [-0.2, 0) is 14.3 Å².